The van der Waals surface area contributed by atoms with Gasteiger partial charge >= 0.3 is 18.4 Å². The van der Waals surface area contributed by atoms with E-state index in [0.717, 1.165) is 4.90 Å². The Bertz CT molecular complexity index is 1480. The molecule has 15 heteroatoms. The summed E-state index contributed by atoms with van der Waals surface area (Å²) >= 11 is 0. The summed E-state index contributed by atoms with van der Waals surface area (Å²) in [6.45, 7) is 1.94. The normalized spacial score (nSPS) is 18.6. The molecule has 1 aliphatic rings. The smallest absolute Gasteiger partial charge is 0.416 e. The second-order valence-corrected chi connectivity index (χ2v) is 10.2. The Morgan fingerprint density at radius 2 is 1.73 bits per heavy atom. The van der Waals surface area contributed by atoms with Crippen LogP contribution in [0.25, 0.3) is 0 Å². The maximum Gasteiger partial charge on any atom is 0.416 e. The molecule has 3 aromatic rings. The van der Waals surface area contributed by atoms with Crippen LogP contribution in [0.3, 0.4) is 0 Å². The van der Waals surface area contributed by atoms with Gasteiger partial charge in [-0.3, -0.25) is 9.88 Å². The van der Waals surface area contributed by atoms with Gasteiger partial charge in [-0.25, -0.2) is 9.78 Å². The summed E-state index contributed by atoms with van der Waals surface area (Å²) in [6.07, 6.45) is -10.5. The molecule has 0 radical (unpaired) electrons. The first-order chi connectivity index (χ1) is 20.6. The minimum absolute atomic E-state index is 0.0426. The quantitative estimate of drug-likeness (QED) is 0.218. The third kappa shape index (κ3) is 6.68. The van der Waals surface area contributed by atoms with Gasteiger partial charge in [0.2, 0.25) is 5.88 Å². The van der Waals surface area contributed by atoms with E-state index in [0.29, 0.717) is 17.8 Å². The molecular formula is C29H30F6N4O5. The van der Waals surface area contributed by atoms with Crippen LogP contribution < -0.4 is 20.1 Å². The highest BCUT2D eigenvalue weighted by Gasteiger charge is 2.50. The van der Waals surface area contributed by atoms with Gasteiger partial charge in [-0.15, -0.1) is 0 Å². The zero-order chi connectivity index (χ0) is 32.4. The zero-order valence-electron chi connectivity index (χ0n) is 23.9. The first-order valence-electron chi connectivity index (χ1n) is 13.4. The molecule has 0 spiro atoms. The first kappa shape index (κ1) is 32.8. The topological polar surface area (TPSA) is 120 Å². The standard InChI is InChI=1S/C29H30F6N4O5/c1-4-27(36)21(14-22-23(39(27)26(40)41)5-6-24(38-22)43-3)25-17(12-20(15-37-25)44-8-7-42-2)9-16-10-18(28(30,31)32)13-19(11-16)29(33,34)35/h5-6,10-13,15,21H,4,7-9,14,36H2,1-3H3,(H,40,41). The van der Waals surface area contributed by atoms with Crippen molar-refractivity contribution in [3.63, 3.8) is 0 Å². The number of rotatable bonds is 9. The Hall–Kier alpha value is -4.11. The highest BCUT2D eigenvalue weighted by atomic mass is 19.4. The molecule has 4 rings (SSSR count). The number of benzene rings is 1. The van der Waals surface area contributed by atoms with E-state index in [1.165, 1.54) is 38.6 Å². The minimum atomic E-state index is -5.05. The van der Waals surface area contributed by atoms with E-state index in [9.17, 15) is 36.2 Å². The van der Waals surface area contributed by atoms with Crippen LogP contribution in [-0.4, -0.2) is 54.3 Å². The van der Waals surface area contributed by atoms with Crippen molar-refractivity contribution in [2.24, 2.45) is 5.73 Å². The van der Waals surface area contributed by atoms with Crippen molar-refractivity contribution < 1.29 is 50.5 Å². The summed E-state index contributed by atoms with van der Waals surface area (Å²) < 4.78 is 97.7. The predicted octanol–water partition coefficient (Wildman–Crippen LogP) is 6.03. The van der Waals surface area contributed by atoms with Gasteiger partial charge in [0, 0.05) is 25.5 Å². The molecule has 9 nitrogen and oxygen atoms in total. The summed E-state index contributed by atoms with van der Waals surface area (Å²) in [6, 6.07) is 5.76. The molecule has 0 bridgehead atoms. The Labute approximate surface area is 248 Å². The molecule has 1 aliphatic heterocycles. The van der Waals surface area contributed by atoms with Crippen LogP contribution in [0.15, 0.2) is 42.6 Å². The van der Waals surface area contributed by atoms with E-state index in [2.05, 4.69) is 9.97 Å². The Morgan fingerprint density at radius 3 is 2.27 bits per heavy atom. The Morgan fingerprint density at radius 1 is 1.07 bits per heavy atom. The van der Waals surface area contributed by atoms with Gasteiger partial charge in [0.25, 0.3) is 0 Å². The highest BCUT2D eigenvalue weighted by Crippen LogP contribution is 2.46. The van der Waals surface area contributed by atoms with E-state index in [4.69, 9.17) is 19.9 Å². The largest absolute Gasteiger partial charge is 0.490 e. The lowest BCUT2D eigenvalue weighted by Gasteiger charge is -2.48. The zero-order valence-corrected chi connectivity index (χ0v) is 23.9. The number of carbonyl (C=O) groups is 1. The lowest BCUT2D eigenvalue weighted by molar-refractivity contribution is -0.143. The molecule has 0 fully saturated rings. The second-order valence-electron chi connectivity index (χ2n) is 10.2. The average Bonchev–Trinajstić information content (AvgIpc) is 2.95. The molecule has 0 aliphatic carbocycles. The molecular weight excluding hydrogens is 598 g/mol. The molecule has 0 saturated carbocycles. The van der Waals surface area contributed by atoms with E-state index < -0.39 is 47.6 Å². The number of hydrogen-bond donors (Lipinski definition) is 2. The molecule has 238 valence electrons. The van der Waals surface area contributed by atoms with Gasteiger partial charge in [-0.2, -0.15) is 26.3 Å². The summed E-state index contributed by atoms with van der Waals surface area (Å²) in [7, 11) is 2.83. The predicted molar refractivity (Wildman–Crippen MR) is 146 cm³/mol. The van der Waals surface area contributed by atoms with Crippen LogP contribution in [0.1, 0.15) is 52.9 Å². The minimum Gasteiger partial charge on any atom is -0.490 e. The summed E-state index contributed by atoms with van der Waals surface area (Å²) in [4.78, 5) is 22.4. The van der Waals surface area contributed by atoms with Crippen molar-refractivity contribution in [2.45, 2.75) is 50.1 Å². The SMILES string of the molecule is CCC1(N)C(c2ncc(OCCOC)cc2Cc2cc(C(F)(F)F)cc(C(F)(F)F)c2)Cc2nc(OC)ccc2N1C(=O)O. The van der Waals surface area contributed by atoms with E-state index in [-0.39, 0.29) is 66.3 Å². The van der Waals surface area contributed by atoms with Gasteiger partial charge < -0.3 is 25.1 Å². The molecule has 2 unspecified atom stereocenters. The second kappa shape index (κ2) is 12.5. The van der Waals surface area contributed by atoms with E-state index in [1.54, 1.807) is 6.92 Å². The number of nitrogens with two attached hydrogens (primary N) is 1. The number of halogens is 6. The van der Waals surface area contributed by atoms with Crippen molar-refractivity contribution >= 4 is 11.8 Å². The molecule has 1 aromatic carbocycles. The molecule has 3 N–H and O–H groups in total. The number of anilines is 1. The van der Waals surface area contributed by atoms with Crippen LogP contribution in [0, 0.1) is 0 Å². The number of amides is 1. The number of alkyl halides is 6. The van der Waals surface area contributed by atoms with Crippen LogP contribution in [-0.2, 0) is 29.9 Å². The third-order valence-electron chi connectivity index (χ3n) is 7.45. The molecule has 2 atom stereocenters. The number of pyridine rings is 2. The van der Waals surface area contributed by atoms with Crippen molar-refractivity contribution in [2.75, 3.05) is 32.3 Å². The molecule has 3 heterocycles. The molecule has 44 heavy (non-hydrogen) atoms. The summed E-state index contributed by atoms with van der Waals surface area (Å²) in [5.74, 6) is -0.548. The number of fused-ring (bicyclic) bond motifs is 1. The van der Waals surface area contributed by atoms with Gasteiger partial charge in [0.05, 0.1) is 48.1 Å². The van der Waals surface area contributed by atoms with Crippen LogP contribution in [0.4, 0.5) is 36.8 Å². The summed E-state index contributed by atoms with van der Waals surface area (Å²) in [5, 5.41) is 10.2. The van der Waals surface area contributed by atoms with Crippen molar-refractivity contribution in [1.82, 2.24) is 9.97 Å². The van der Waals surface area contributed by atoms with Crippen molar-refractivity contribution in [3.05, 3.63) is 76.2 Å². The molecule has 1 amide bonds. The first-order valence-corrected chi connectivity index (χ1v) is 13.4. The Balaban J connectivity index is 1.91. The van der Waals surface area contributed by atoms with E-state index >= 15 is 0 Å². The van der Waals surface area contributed by atoms with E-state index in [1.807, 2.05) is 0 Å². The fraction of sp³-hybridized carbons (Fsp3) is 0.414. The van der Waals surface area contributed by atoms with Gasteiger partial charge in [0.15, 0.2) is 0 Å². The van der Waals surface area contributed by atoms with Gasteiger partial charge in [-0.1, -0.05) is 6.92 Å². The number of hydrogen-bond acceptors (Lipinski definition) is 7. The number of ether oxygens (including phenoxy) is 3. The van der Waals surface area contributed by atoms with Gasteiger partial charge in [-0.05, 0) is 54.3 Å². The van der Waals surface area contributed by atoms with Crippen molar-refractivity contribution in [1.29, 1.82) is 0 Å². The number of methoxy groups -OCH3 is 2. The lowest BCUT2D eigenvalue weighted by atomic mass is 9.77. The molecule has 2 aromatic heterocycles. The monoisotopic (exact) mass is 628 g/mol. The summed E-state index contributed by atoms with van der Waals surface area (Å²) in [5.41, 5.74) is 2.85. The maximum absolute atomic E-state index is 13.6. The molecule has 0 saturated heterocycles. The number of aromatic nitrogens is 2. The van der Waals surface area contributed by atoms with Crippen LogP contribution in [0.5, 0.6) is 11.6 Å². The fourth-order valence-corrected chi connectivity index (χ4v) is 5.33. The fourth-order valence-electron chi connectivity index (χ4n) is 5.33. The maximum atomic E-state index is 13.6. The van der Waals surface area contributed by atoms with Gasteiger partial charge in [0.1, 0.15) is 18.0 Å². The number of nitrogens with zero attached hydrogens (tertiary/aromatic N) is 3. The Kier molecular flexibility index (Phi) is 9.30. The lowest BCUT2D eigenvalue weighted by Crippen LogP contribution is -2.64. The van der Waals surface area contributed by atoms with Crippen molar-refractivity contribution in [3.8, 4) is 11.6 Å². The third-order valence-corrected chi connectivity index (χ3v) is 7.45. The highest BCUT2D eigenvalue weighted by molar-refractivity contribution is 5.89. The number of carboxylic acid groups (broad SMARTS) is 1. The average molecular weight is 629 g/mol. The van der Waals surface area contributed by atoms with Crippen LogP contribution in [0.2, 0.25) is 0 Å². The van der Waals surface area contributed by atoms with Crippen LogP contribution >= 0.6 is 0 Å².